The summed E-state index contributed by atoms with van der Waals surface area (Å²) in [4.78, 5) is 12.9. The first-order valence-electron chi connectivity index (χ1n) is 3.31. The molecular formula is C7H3F4NO2. The van der Waals surface area contributed by atoms with Crippen LogP contribution in [-0.4, -0.2) is 16.1 Å². The zero-order valence-electron chi connectivity index (χ0n) is 6.47. The van der Waals surface area contributed by atoms with Gasteiger partial charge in [0.05, 0.1) is 5.56 Å². The molecular weight excluding hydrogens is 206 g/mol. The lowest BCUT2D eigenvalue weighted by atomic mass is 10.2. The van der Waals surface area contributed by atoms with E-state index < -0.39 is 35.4 Å². The van der Waals surface area contributed by atoms with Gasteiger partial charge in [-0.15, -0.1) is 0 Å². The molecule has 0 radical (unpaired) electrons. The van der Waals surface area contributed by atoms with Crippen molar-refractivity contribution in [1.29, 1.82) is 0 Å². The van der Waals surface area contributed by atoms with Gasteiger partial charge in [0.2, 0.25) is 5.95 Å². The zero-order chi connectivity index (χ0) is 10.9. The number of hydrogen-bond acceptors (Lipinski definition) is 2. The minimum Gasteiger partial charge on any atom is -0.476 e. The number of pyridine rings is 1. The molecule has 0 atom stereocenters. The van der Waals surface area contributed by atoms with Gasteiger partial charge in [-0.3, -0.25) is 0 Å². The Bertz CT molecular complexity index is 380. The Hall–Kier alpha value is -1.66. The first kappa shape index (κ1) is 10.4. The molecule has 1 aromatic heterocycles. The number of rotatable bonds is 2. The van der Waals surface area contributed by atoms with E-state index in [9.17, 15) is 22.4 Å². The molecule has 14 heavy (non-hydrogen) atoms. The molecule has 0 bridgehead atoms. The molecule has 0 spiro atoms. The van der Waals surface area contributed by atoms with E-state index in [1.165, 1.54) is 0 Å². The fourth-order valence-corrected chi connectivity index (χ4v) is 0.817. The van der Waals surface area contributed by atoms with Crippen molar-refractivity contribution in [3.05, 3.63) is 29.1 Å². The molecule has 1 N–H and O–H groups in total. The maximum absolute atomic E-state index is 12.9. The molecule has 1 heterocycles. The highest BCUT2D eigenvalue weighted by Gasteiger charge is 2.23. The summed E-state index contributed by atoms with van der Waals surface area (Å²) < 4.78 is 49.4. The molecule has 0 aliphatic carbocycles. The minimum absolute atomic E-state index is 0.159. The van der Waals surface area contributed by atoms with Crippen LogP contribution in [0.15, 0.2) is 6.07 Å². The van der Waals surface area contributed by atoms with Gasteiger partial charge in [0.1, 0.15) is 0 Å². The van der Waals surface area contributed by atoms with E-state index >= 15 is 0 Å². The quantitative estimate of drug-likeness (QED) is 0.598. The van der Waals surface area contributed by atoms with Gasteiger partial charge in [-0.2, -0.15) is 4.39 Å². The Morgan fingerprint density at radius 1 is 1.43 bits per heavy atom. The highest BCUT2D eigenvalue weighted by molar-refractivity contribution is 5.85. The number of halogens is 4. The number of carbonyl (C=O) groups is 1. The van der Waals surface area contributed by atoms with Crippen LogP contribution in [0, 0.1) is 11.8 Å². The molecule has 0 aromatic carbocycles. The first-order chi connectivity index (χ1) is 6.43. The molecule has 0 saturated carbocycles. The molecule has 3 nitrogen and oxygen atoms in total. The third-order valence-electron chi connectivity index (χ3n) is 1.39. The van der Waals surface area contributed by atoms with Crippen LogP contribution in [0.2, 0.25) is 0 Å². The largest absolute Gasteiger partial charge is 0.476 e. The number of aromatic nitrogens is 1. The predicted molar refractivity (Wildman–Crippen MR) is 36.1 cm³/mol. The summed E-state index contributed by atoms with van der Waals surface area (Å²) in [5.74, 6) is -5.07. The molecule has 0 fully saturated rings. The van der Waals surface area contributed by atoms with E-state index in [0.717, 1.165) is 0 Å². The highest BCUT2D eigenvalue weighted by Crippen LogP contribution is 2.23. The average molecular weight is 209 g/mol. The van der Waals surface area contributed by atoms with E-state index in [1.54, 1.807) is 0 Å². The van der Waals surface area contributed by atoms with Gasteiger partial charge in [0.15, 0.2) is 11.5 Å². The van der Waals surface area contributed by atoms with Gasteiger partial charge in [0.25, 0.3) is 6.43 Å². The molecule has 0 amide bonds. The summed E-state index contributed by atoms with van der Waals surface area (Å²) in [6.45, 7) is 0. The normalized spacial score (nSPS) is 10.6. The first-order valence-corrected chi connectivity index (χ1v) is 3.31. The van der Waals surface area contributed by atoms with Gasteiger partial charge in [-0.1, -0.05) is 0 Å². The van der Waals surface area contributed by atoms with Crippen molar-refractivity contribution < 1.29 is 27.5 Å². The lowest BCUT2D eigenvalue weighted by Gasteiger charge is -2.03. The second-order valence-electron chi connectivity index (χ2n) is 2.30. The van der Waals surface area contributed by atoms with Crippen LogP contribution in [0.1, 0.15) is 22.5 Å². The molecule has 76 valence electrons. The van der Waals surface area contributed by atoms with Gasteiger partial charge in [-0.05, 0) is 0 Å². The standard InChI is InChI=1S/C7H3F4NO2/c8-3-1-2(6(10)11)4(9)5(12-3)7(13)14/h1,6H,(H,13,14). The molecule has 1 aromatic rings. The molecule has 0 saturated heterocycles. The summed E-state index contributed by atoms with van der Waals surface area (Å²) in [5, 5.41) is 8.28. The van der Waals surface area contributed by atoms with E-state index in [4.69, 9.17) is 5.11 Å². The van der Waals surface area contributed by atoms with Crippen LogP contribution in [0.5, 0.6) is 0 Å². The van der Waals surface area contributed by atoms with Crippen LogP contribution >= 0.6 is 0 Å². The maximum Gasteiger partial charge on any atom is 0.357 e. The van der Waals surface area contributed by atoms with Gasteiger partial charge >= 0.3 is 5.97 Å². The smallest absolute Gasteiger partial charge is 0.357 e. The number of carboxylic acids is 1. The van der Waals surface area contributed by atoms with E-state index in [2.05, 4.69) is 4.98 Å². The maximum atomic E-state index is 12.9. The van der Waals surface area contributed by atoms with Crippen LogP contribution in [0.4, 0.5) is 17.6 Å². The van der Waals surface area contributed by atoms with E-state index in [1.807, 2.05) is 0 Å². The zero-order valence-corrected chi connectivity index (χ0v) is 6.47. The monoisotopic (exact) mass is 209 g/mol. The number of alkyl halides is 2. The Kier molecular flexibility index (Phi) is 2.68. The Morgan fingerprint density at radius 3 is 2.43 bits per heavy atom. The lowest BCUT2D eigenvalue weighted by Crippen LogP contribution is -2.09. The van der Waals surface area contributed by atoms with Gasteiger partial charge in [-0.25, -0.2) is 22.9 Å². The van der Waals surface area contributed by atoms with Crippen molar-refractivity contribution in [2.75, 3.05) is 0 Å². The SMILES string of the molecule is O=C(O)c1nc(F)cc(C(F)F)c1F. The summed E-state index contributed by atoms with van der Waals surface area (Å²) >= 11 is 0. The molecule has 1 rings (SSSR count). The van der Waals surface area contributed by atoms with Crippen molar-refractivity contribution in [2.45, 2.75) is 6.43 Å². The van der Waals surface area contributed by atoms with Gasteiger partial charge < -0.3 is 5.11 Å². The average Bonchev–Trinajstić information content (AvgIpc) is 2.07. The number of nitrogens with zero attached hydrogens (tertiary/aromatic N) is 1. The van der Waals surface area contributed by atoms with Crippen molar-refractivity contribution in [3.63, 3.8) is 0 Å². The van der Waals surface area contributed by atoms with Crippen LogP contribution in [0.25, 0.3) is 0 Å². The Balaban J connectivity index is 3.40. The van der Waals surface area contributed by atoms with Crippen molar-refractivity contribution in [1.82, 2.24) is 4.98 Å². The Morgan fingerprint density at radius 2 is 2.00 bits per heavy atom. The second-order valence-corrected chi connectivity index (χ2v) is 2.30. The molecule has 0 aliphatic heterocycles. The topological polar surface area (TPSA) is 50.2 Å². The van der Waals surface area contributed by atoms with Crippen LogP contribution in [0.3, 0.4) is 0 Å². The second kappa shape index (κ2) is 3.60. The van der Waals surface area contributed by atoms with Crippen molar-refractivity contribution >= 4 is 5.97 Å². The minimum atomic E-state index is -3.29. The summed E-state index contributed by atoms with van der Waals surface area (Å²) in [6.07, 6.45) is -3.29. The fraction of sp³-hybridized carbons (Fsp3) is 0.143. The number of carboxylic acid groups (broad SMARTS) is 1. The third kappa shape index (κ3) is 1.81. The summed E-state index contributed by atoms with van der Waals surface area (Å²) in [7, 11) is 0. The van der Waals surface area contributed by atoms with Gasteiger partial charge in [0, 0.05) is 6.07 Å². The van der Waals surface area contributed by atoms with Crippen molar-refractivity contribution in [2.24, 2.45) is 0 Å². The molecule has 0 aliphatic rings. The molecule has 0 unspecified atom stereocenters. The van der Waals surface area contributed by atoms with E-state index in [0.29, 0.717) is 0 Å². The Labute approximate surface area is 75.0 Å². The number of hydrogen-bond donors (Lipinski definition) is 1. The molecule has 7 heteroatoms. The lowest BCUT2D eigenvalue weighted by molar-refractivity contribution is 0.0681. The number of aromatic carboxylic acids is 1. The van der Waals surface area contributed by atoms with Crippen LogP contribution in [-0.2, 0) is 0 Å². The van der Waals surface area contributed by atoms with Crippen LogP contribution < -0.4 is 0 Å². The fourth-order valence-electron chi connectivity index (χ4n) is 0.817. The van der Waals surface area contributed by atoms with Crippen molar-refractivity contribution in [3.8, 4) is 0 Å². The third-order valence-corrected chi connectivity index (χ3v) is 1.39. The predicted octanol–water partition coefficient (Wildman–Crippen LogP) is 2.00. The summed E-state index contributed by atoms with van der Waals surface area (Å²) in [5.41, 5.74) is -2.66. The van der Waals surface area contributed by atoms with E-state index in [-0.39, 0.29) is 6.07 Å². The highest BCUT2D eigenvalue weighted by atomic mass is 19.3. The summed E-state index contributed by atoms with van der Waals surface area (Å²) in [6, 6.07) is 0.159.